The Morgan fingerprint density at radius 3 is 2.86 bits per heavy atom. The van der Waals surface area contributed by atoms with Crippen molar-refractivity contribution < 1.29 is 9.53 Å². The van der Waals surface area contributed by atoms with E-state index in [-0.39, 0.29) is 17.8 Å². The number of nitrogens with one attached hydrogen (secondary N) is 1. The standard InChI is InChI=1S/C10H16N2O2/c1-4-14-10(13)8(3)7(2)9-5-11-6-12-9/h5-8H,4H2,1-3H3,(H,11,12)/t7-,8-/m1/s1. The summed E-state index contributed by atoms with van der Waals surface area (Å²) in [4.78, 5) is 18.3. The second-order valence-corrected chi connectivity index (χ2v) is 3.34. The number of aromatic amines is 1. The number of H-pyrrole nitrogens is 1. The Hall–Kier alpha value is -1.32. The van der Waals surface area contributed by atoms with E-state index in [1.165, 1.54) is 0 Å². The summed E-state index contributed by atoms with van der Waals surface area (Å²) in [6.07, 6.45) is 3.35. The van der Waals surface area contributed by atoms with E-state index in [4.69, 9.17) is 4.74 Å². The lowest BCUT2D eigenvalue weighted by atomic mass is 9.93. The fourth-order valence-corrected chi connectivity index (χ4v) is 1.26. The predicted molar refractivity (Wildman–Crippen MR) is 52.8 cm³/mol. The molecule has 78 valence electrons. The van der Waals surface area contributed by atoms with Crippen molar-refractivity contribution in [3.63, 3.8) is 0 Å². The zero-order chi connectivity index (χ0) is 10.6. The third-order valence-electron chi connectivity index (χ3n) is 2.42. The van der Waals surface area contributed by atoms with Crippen LogP contribution in [-0.4, -0.2) is 22.5 Å². The molecule has 0 aromatic carbocycles. The van der Waals surface area contributed by atoms with Gasteiger partial charge in [0, 0.05) is 17.8 Å². The number of esters is 1. The van der Waals surface area contributed by atoms with Crippen LogP contribution in [0.2, 0.25) is 0 Å². The van der Waals surface area contributed by atoms with Crippen LogP contribution in [-0.2, 0) is 9.53 Å². The summed E-state index contributed by atoms with van der Waals surface area (Å²) < 4.78 is 4.95. The molecule has 1 rings (SSSR count). The van der Waals surface area contributed by atoms with Crippen LogP contribution in [0.1, 0.15) is 32.4 Å². The second-order valence-electron chi connectivity index (χ2n) is 3.34. The van der Waals surface area contributed by atoms with E-state index in [0.717, 1.165) is 5.69 Å². The molecule has 1 N–H and O–H groups in total. The van der Waals surface area contributed by atoms with Crippen LogP contribution in [0.4, 0.5) is 0 Å². The number of aromatic nitrogens is 2. The molecule has 4 nitrogen and oxygen atoms in total. The maximum absolute atomic E-state index is 11.4. The van der Waals surface area contributed by atoms with E-state index in [0.29, 0.717) is 6.61 Å². The van der Waals surface area contributed by atoms with Gasteiger partial charge in [-0.15, -0.1) is 0 Å². The van der Waals surface area contributed by atoms with Gasteiger partial charge < -0.3 is 9.72 Å². The normalized spacial score (nSPS) is 14.8. The molecule has 1 aromatic heterocycles. The first-order valence-electron chi connectivity index (χ1n) is 4.81. The number of rotatable bonds is 4. The van der Waals surface area contributed by atoms with Crippen LogP contribution in [0.3, 0.4) is 0 Å². The smallest absolute Gasteiger partial charge is 0.309 e. The minimum Gasteiger partial charge on any atom is -0.466 e. The minimum absolute atomic E-state index is 0.108. The fourth-order valence-electron chi connectivity index (χ4n) is 1.26. The second kappa shape index (κ2) is 4.79. The van der Waals surface area contributed by atoms with Crippen molar-refractivity contribution in [2.24, 2.45) is 5.92 Å². The van der Waals surface area contributed by atoms with Gasteiger partial charge in [0.05, 0.1) is 18.9 Å². The van der Waals surface area contributed by atoms with E-state index in [9.17, 15) is 4.79 Å². The molecule has 0 aliphatic heterocycles. The molecule has 0 saturated heterocycles. The molecule has 0 aliphatic rings. The molecule has 0 spiro atoms. The van der Waals surface area contributed by atoms with Gasteiger partial charge in [-0.2, -0.15) is 0 Å². The van der Waals surface area contributed by atoms with Crippen LogP contribution in [0, 0.1) is 5.92 Å². The fraction of sp³-hybridized carbons (Fsp3) is 0.600. The number of hydrogen-bond acceptors (Lipinski definition) is 3. The van der Waals surface area contributed by atoms with E-state index in [1.807, 2.05) is 20.8 Å². The topological polar surface area (TPSA) is 55.0 Å². The lowest BCUT2D eigenvalue weighted by molar-refractivity contribution is -0.148. The monoisotopic (exact) mass is 196 g/mol. The van der Waals surface area contributed by atoms with Gasteiger partial charge in [-0.3, -0.25) is 4.79 Å². The largest absolute Gasteiger partial charge is 0.466 e. The Bertz CT molecular complexity index is 282. The van der Waals surface area contributed by atoms with Crippen molar-refractivity contribution in [2.75, 3.05) is 6.61 Å². The van der Waals surface area contributed by atoms with E-state index in [2.05, 4.69) is 9.97 Å². The van der Waals surface area contributed by atoms with E-state index >= 15 is 0 Å². The summed E-state index contributed by atoms with van der Waals surface area (Å²) >= 11 is 0. The number of imidazole rings is 1. The van der Waals surface area contributed by atoms with Gasteiger partial charge in [0.15, 0.2) is 0 Å². The van der Waals surface area contributed by atoms with Crippen LogP contribution in [0.15, 0.2) is 12.5 Å². The molecule has 0 unspecified atom stereocenters. The van der Waals surface area contributed by atoms with E-state index in [1.54, 1.807) is 12.5 Å². The maximum Gasteiger partial charge on any atom is 0.309 e. The predicted octanol–water partition coefficient (Wildman–Crippen LogP) is 1.71. The first kappa shape index (κ1) is 10.8. The minimum atomic E-state index is -0.158. The molecule has 2 atom stereocenters. The molecule has 1 heterocycles. The average molecular weight is 196 g/mol. The van der Waals surface area contributed by atoms with Crippen molar-refractivity contribution in [1.29, 1.82) is 0 Å². The molecule has 14 heavy (non-hydrogen) atoms. The average Bonchev–Trinajstić information content (AvgIpc) is 2.68. The third-order valence-corrected chi connectivity index (χ3v) is 2.42. The number of nitrogens with zero attached hydrogens (tertiary/aromatic N) is 1. The first-order chi connectivity index (χ1) is 6.66. The summed E-state index contributed by atoms with van der Waals surface area (Å²) in [5.41, 5.74) is 0.963. The van der Waals surface area contributed by atoms with Crippen molar-refractivity contribution in [3.8, 4) is 0 Å². The van der Waals surface area contributed by atoms with Crippen LogP contribution in [0.5, 0.6) is 0 Å². The highest BCUT2D eigenvalue weighted by molar-refractivity contribution is 5.73. The summed E-state index contributed by atoms with van der Waals surface area (Å²) in [5.74, 6) is -0.193. The highest BCUT2D eigenvalue weighted by atomic mass is 16.5. The molecule has 0 aliphatic carbocycles. The molecular weight excluding hydrogens is 180 g/mol. The number of carbonyl (C=O) groups excluding carboxylic acids is 1. The molecule has 0 saturated carbocycles. The van der Waals surface area contributed by atoms with Gasteiger partial charge in [-0.25, -0.2) is 4.98 Å². The molecule has 0 radical (unpaired) electrons. The quantitative estimate of drug-likeness (QED) is 0.746. The molecule has 4 heteroatoms. The maximum atomic E-state index is 11.4. The molecule has 0 amide bonds. The van der Waals surface area contributed by atoms with Gasteiger partial charge in [-0.05, 0) is 6.92 Å². The summed E-state index contributed by atoms with van der Waals surface area (Å²) in [6, 6.07) is 0. The Labute approximate surface area is 83.7 Å². The van der Waals surface area contributed by atoms with Crippen molar-refractivity contribution in [3.05, 3.63) is 18.2 Å². The van der Waals surface area contributed by atoms with Gasteiger partial charge in [0.2, 0.25) is 0 Å². The Morgan fingerprint density at radius 1 is 1.64 bits per heavy atom. The summed E-state index contributed by atoms with van der Waals surface area (Å²) in [5, 5.41) is 0. The van der Waals surface area contributed by atoms with E-state index < -0.39 is 0 Å². The third kappa shape index (κ3) is 2.34. The Kier molecular flexibility index (Phi) is 3.68. The number of carbonyl (C=O) groups is 1. The highest BCUT2D eigenvalue weighted by Crippen LogP contribution is 2.22. The number of hydrogen-bond donors (Lipinski definition) is 1. The molecular formula is C10H16N2O2. The summed E-state index contributed by atoms with van der Waals surface area (Å²) in [6.45, 7) is 6.09. The van der Waals surface area contributed by atoms with Gasteiger partial charge >= 0.3 is 5.97 Å². The summed E-state index contributed by atoms with van der Waals surface area (Å²) in [7, 11) is 0. The SMILES string of the molecule is CCOC(=O)[C@H](C)[C@@H](C)c1cnc[nH]1. The molecule has 0 bridgehead atoms. The van der Waals surface area contributed by atoms with Crippen LogP contribution in [0.25, 0.3) is 0 Å². The first-order valence-corrected chi connectivity index (χ1v) is 4.81. The van der Waals surface area contributed by atoms with Crippen molar-refractivity contribution >= 4 is 5.97 Å². The van der Waals surface area contributed by atoms with Crippen molar-refractivity contribution in [1.82, 2.24) is 9.97 Å². The highest BCUT2D eigenvalue weighted by Gasteiger charge is 2.23. The van der Waals surface area contributed by atoms with Crippen LogP contribution < -0.4 is 0 Å². The van der Waals surface area contributed by atoms with Gasteiger partial charge in [0.1, 0.15) is 0 Å². The van der Waals surface area contributed by atoms with Gasteiger partial charge in [-0.1, -0.05) is 13.8 Å². The van der Waals surface area contributed by atoms with Crippen LogP contribution >= 0.6 is 0 Å². The zero-order valence-electron chi connectivity index (χ0n) is 8.78. The Balaban J connectivity index is 2.61. The molecule has 1 aromatic rings. The molecule has 0 fully saturated rings. The number of ether oxygens (including phenoxy) is 1. The lowest BCUT2D eigenvalue weighted by Crippen LogP contribution is -2.20. The lowest BCUT2D eigenvalue weighted by Gasteiger charge is -2.16. The Morgan fingerprint density at radius 2 is 2.36 bits per heavy atom. The van der Waals surface area contributed by atoms with Crippen molar-refractivity contribution in [2.45, 2.75) is 26.7 Å². The van der Waals surface area contributed by atoms with Gasteiger partial charge in [0.25, 0.3) is 0 Å². The zero-order valence-corrected chi connectivity index (χ0v) is 8.78.